The first kappa shape index (κ1) is 17.9. The molecular weight excluding hydrogens is 365 g/mol. The average Bonchev–Trinajstić information content (AvgIpc) is 2.92. The van der Waals surface area contributed by atoms with Crippen LogP contribution in [0.15, 0.2) is 23.2 Å². The summed E-state index contributed by atoms with van der Waals surface area (Å²) in [6.45, 7) is 11.3. The Balaban J connectivity index is 1.50. The van der Waals surface area contributed by atoms with Gasteiger partial charge in [-0.1, -0.05) is 6.92 Å². The number of benzene rings is 1. The van der Waals surface area contributed by atoms with Crippen molar-refractivity contribution in [3.8, 4) is 0 Å². The lowest BCUT2D eigenvalue weighted by molar-refractivity contribution is 0.205. The molecule has 0 bridgehead atoms. The zero-order valence-corrected chi connectivity index (χ0v) is 15.9. The van der Waals surface area contributed by atoms with Crippen LogP contribution < -0.4 is 5.32 Å². The standard InChI is InChI=1S/C19H20FN5OS/c1-12-5-8-25-18(27-11-12)14-10-24(7-6-16(14)23-25)19(26)22-13-3-4-15(20)17(9-13)21-2/h3-4,9,12H,5-8,10-11H2,1H3,(H,22,26). The molecule has 0 spiro atoms. The van der Waals surface area contributed by atoms with Crippen molar-refractivity contribution in [1.29, 1.82) is 0 Å². The van der Waals surface area contributed by atoms with Crippen LogP contribution in [-0.2, 0) is 19.5 Å². The number of anilines is 1. The van der Waals surface area contributed by atoms with E-state index in [0.29, 0.717) is 24.7 Å². The molecule has 0 saturated carbocycles. The smallest absolute Gasteiger partial charge is 0.320 e. The van der Waals surface area contributed by atoms with Crippen LogP contribution in [0.3, 0.4) is 0 Å². The molecule has 2 aliphatic rings. The molecule has 2 amide bonds. The quantitative estimate of drug-likeness (QED) is 0.745. The minimum atomic E-state index is -0.584. The lowest BCUT2D eigenvalue weighted by atomic mass is 10.1. The summed E-state index contributed by atoms with van der Waals surface area (Å²) in [6, 6.07) is 3.79. The Bertz CT molecular complexity index is 935. The molecule has 0 aliphatic carbocycles. The van der Waals surface area contributed by atoms with Gasteiger partial charge in [-0.2, -0.15) is 5.10 Å². The summed E-state index contributed by atoms with van der Waals surface area (Å²) in [5.41, 5.74) is 2.57. The average molecular weight is 385 g/mol. The molecule has 1 unspecified atom stereocenters. The van der Waals surface area contributed by atoms with Gasteiger partial charge in [0.2, 0.25) is 5.69 Å². The fourth-order valence-electron chi connectivity index (χ4n) is 3.41. The second kappa shape index (κ2) is 7.24. The van der Waals surface area contributed by atoms with Crippen molar-refractivity contribution in [2.45, 2.75) is 37.9 Å². The van der Waals surface area contributed by atoms with Crippen LogP contribution in [0.5, 0.6) is 0 Å². The lowest BCUT2D eigenvalue weighted by Gasteiger charge is -2.27. The minimum Gasteiger partial charge on any atom is -0.320 e. The maximum absolute atomic E-state index is 13.5. The fraction of sp³-hybridized carbons (Fsp3) is 0.421. The molecule has 1 aromatic heterocycles. The molecule has 2 aliphatic heterocycles. The van der Waals surface area contributed by atoms with Crippen molar-refractivity contribution < 1.29 is 9.18 Å². The number of nitrogens with one attached hydrogen (secondary N) is 1. The van der Waals surface area contributed by atoms with Gasteiger partial charge in [0, 0.05) is 36.5 Å². The highest BCUT2D eigenvalue weighted by molar-refractivity contribution is 7.99. The Hall–Kier alpha value is -2.53. The van der Waals surface area contributed by atoms with Gasteiger partial charge < -0.3 is 10.2 Å². The number of aromatic nitrogens is 2. The zero-order chi connectivity index (χ0) is 19.0. The van der Waals surface area contributed by atoms with Gasteiger partial charge >= 0.3 is 6.03 Å². The van der Waals surface area contributed by atoms with Crippen molar-refractivity contribution in [2.75, 3.05) is 17.6 Å². The predicted octanol–water partition coefficient (Wildman–Crippen LogP) is 4.30. The van der Waals surface area contributed by atoms with Gasteiger partial charge in [-0.25, -0.2) is 14.0 Å². The molecule has 140 valence electrons. The maximum atomic E-state index is 13.5. The highest BCUT2D eigenvalue weighted by atomic mass is 32.2. The van der Waals surface area contributed by atoms with E-state index in [1.165, 1.54) is 23.2 Å². The molecule has 8 heteroatoms. The first-order valence-electron chi connectivity index (χ1n) is 8.99. The second-order valence-corrected chi connectivity index (χ2v) is 8.05. The molecule has 1 atom stereocenters. The summed E-state index contributed by atoms with van der Waals surface area (Å²) >= 11 is 1.83. The Morgan fingerprint density at radius 3 is 3.11 bits per heavy atom. The van der Waals surface area contributed by atoms with Crippen molar-refractivity contribution in [3.05, 3.63) is 46.7 Å². The minimum absolute atomic E-state index is 0.0961. The first-order chi connectivity index (χ1) is 13.0. The summed E-state index contributed by atoms with van der Waals surface area (Å²) in [5.74, 6) is 1.14. The third-order valence-electron chi connectivity index (χ3n) is 4.99. The van der Waals surface area contributed by atoms with Gasteiger partial charge in [0.1, 0.15) is 5.82 Å². The summed E-state index contributed by atoms with van der Waals surface area (Å²) in [6.07, 6.45) is 1.86. The van der Waals surface area contributed by atoms with Crippen molar-refractivity contribution in [1.82, 2.24) is 14.7 Å². The number of hydrogen-bond acceptors (Lipinski definition) is 3. The van der Waals surface area contributed by atoms with E-state index in [4.69, 9.17) is 11.7 Å². The predicted molar refractivity (Wildman–Crippen MR) is 103 cm³/mol. The van der Waals surface area contributed by atoms with Crippen LogP contribution in [0.1, 0.15) is 24.6 Å². The number of halogens is 1. The van der Waals surface area contributed by atoms with E-state index in [9.17, 15) is 9.18 Å². The molecule has 1 aromatic carbocycles. The zero-order valence-electron chi connectivity index (χ0n) is 15.0. The Kier molecular flexibility index (Phi) is 4.79. The van der Waals surface area contributed by atoms with Crippen molar-refractivity contribution in [3.63, 3.8) is 0 Å². The van der Waals surface area contributed by atoms with E-state index in [-0.39, 0.29) is 11.7 Å². The fourth-order valence-corrected chi connectivity index (χ4v) is 4.66. The number of hydrogen-bond donors (Lipinski definition) is 1. The van der Waals surface area contributed by atoms with Crippen LogP contribution >= 0.6 is 11.8 Å². The van der Waals surface area contributed by atoms with Crippen LogP contribution in [0, 0.1) is 18.3 Å². The molecule has 27 heavy (non-hydrogen) atoms. The first-order valence-corrected chi connectivity index (χ1v) is 9.98. The second-order valence-electron chi connectivity index (χ2n) is 7.04. The van der Waals surface area contributed by atoms with E-state index < -0.39 is 5.82 Å². The van der Waals surface area contributed by atoms with Gasteiger partial charge in [-0.3, -0.25) is 4.68 Å². The van der Waals surface area contributed by atoms with E-state index >= 15 is 0 Å². The number of fused-ring (bicyclic) bond motifs is 3. The largest absolute Gasteiger partial charge is 0.322 e. The van der Waals surface area contributed by atoms with Gasteiger partial charge in [-0.05, 0) is 30.5 Å². The molecule has 4 rings (SSSR count). The molecule has 1 N–H and O–H groups in total. The summed E-state index contributed by atoms with van der Waals surface area (Å²) in [7, 11) is 0. The van der Waals surface area contributed by atoms with E-state index in [1.54, 1.807) is 4.90 Å². The highest BCUT2D eigenvalue weighted by Crippen LogP contribution is 2.34. The molecule has 6 nitrogen and oxygen atoms in total. The van der Waals surface area contributed by atoms with Crippen LogP contribution in [-0.4, -0.2) is 33.0 Å². The van der Waals surface area contributed by atoms with Crippen molar-refractivity contribution in [2.24, 2.45) is 5.92 Å². The number of thioether (sulfide) groups is 1. The summed E-state index contributed by atoms with van der Waals surface area (Å²) < 4.78 is 15.6. The van der Waals surface area contributed by atoms with Gasteiger partial charge in [-0.15, -0.1) is 11.8 Å². The van der Waals surface area contributed by atoms with Gasteiger partial charge in [0.25, 0.3) is 0 Å². The number of carbonyl (C=O) groups excluding carboxylic acids is 1. The third kappa shape index (κ3) is 3.52. The molecule has 0 radical (unpaired) electrons. The number of urea groups is 1. The van der Waals surface area contributed by atoms with Crippen LogP contribution in [0.2, 0.25) is 0 Å². The SMILES string of the molecule is [C-]#[N+]c1cc(NC(=O)N2CCc3nn4c(c3C2)SCC(C)CC4)ccc1F. The van der Waals surface area contributed by atoms with E-state index in [0.717, 1.165) is 36.4 Å². The normalized spacial score (nSPS) is 18.9. The van der Waals surface area contributed by atoms with Crippen LogP contribution in [0.25, 0.3) is 4.85 Å². The molecular formula is C19H20FN5OS. The van der Waals surface area contributed by atoms with Gasteiger partial charge in [0.05, 0.1) is 23.8 Å². The lowest BCUT2D eigenvalue weighted by Crippen LogP contribution is -2.38. The third-order valence-corrected chi connectivity index (χ3v) is 6.46. The molecule has 0 fully saturated rings. The number of nitrogens with zero attached hydrogens (tertiary/aromatic N) is 4. The number of aryl methyl sites for hydroxylation is 1. The number of carbonyl (C=O) groups is 1. The monoisotopic (exact) mass is 385 g/mol. The van der Waals surface area contributed by atoms with E-state index in [1.807, 2.05) is 11.8 Å². The number of amides is 2. The highest BCUT2D eigenvalue weighted by Gasteiger charge is 2.29. The molecule has 3 heterocycles. The summed E-state index contributed by atoms with van der Waals surface area (Å²) in [4.78, 5) is 17.6. The number of rotatable bonds is 1. The molecule has 2 aromatic rings. The van der Waals surface area contributed by atoms with Crippen LogP contribution in [0.4, 0.5) is 20.6 Å². The Morgan fingerprint density at radius 1 is 1.44 bits per heavy atom. The van der Waals surface area contributed by atoms with Crippen molar-refractivity contribution >= 4 is 29.2 Å². The van der Waals surface area contributed by atoms with E-state index in [2.05, 4.69) is 21.8 Å². The Morgan fingerprint density at radius 2 is 2.30 bits per heavy atom. The topological polar surface area (TPSA) is 54.5 Å². The molecule has 0 saturated heterocycles. The van der Waals surface area contributed by atoms with Gasteiger partial charge in [0.15, 0.2) is 0 Å². The maximum Gasteiger partial charge on any atom is 0.322 e. The Labute approximate surface area is 161 Å². The summed E-state index contributed by atoms with van der Waals surface area (Å²) in [5, 5.41) is 8.72.